The molecule has 0 radical (unpaired) electrons. The van der Waals surface area contributed by atoms with Crippen LogP contribution in [0, 0.1) is 0 Å². The van der Waals surface area contributed by atoms with Crippen molar-refractivity contribution in [2.45, 2.75) is 24.5 Å². The number of halogens is 1. The lowest BCUT2D eigenvalue weighted by Gasteiger charge is -2.21. The number of hydrogen-bond acceptors (Lipinski definition) is 5. The smallest absolute Gasteiger partial charge is 0.246 e. The second kappa shape index (κ2) is 6.03. The Balaban J connectivity index is 1.71. The normalized spacial score (nSPS) is 18.4. The van der Waals surface area contributed by atoms with Gasteiger partial charge in [0.15, 0.2) is 0 Å². The highest BCUT2D eigenvalue weighted by Gasteiger charge is 2.32. The molecule has 0 bridgehead atoms. The number of nitrogens with one attached hydrogen (secondary N) is 1. The fourth-order valence-corrected chi connectivity index (χ4v) is 4.88. The van der Waals surface area contributed by atoms with Crippen LogP contribution in [0.4, 0.5) is 0 Å². The minimum atomic E-state index is -3.65. The van der Waals surface area contributed by atoms with Gasteiger partial charge in [-0.25, -0.2) is 8.42 Å². The highest BCUT2D eigenvalue weighted by Crippen LogP contribution is 2.33. The summed E-state index contributed by atoms with van der Waals surface area (Å²) in [7, 11) is -3.65. The molecule has 0 amide bonds. The first-order valence-electron chi connectivity index (χ1n) is 7.73. The monoisotopic (exact) mass is 368 g/mol. The van der Waals surface area contributed by atoms with Gasteiger partial charge in [0.05, 0.1) is 23.5 Å². The van der Waals surface area contributed by atoms with E-state index in [0.717, 1.165) is 12.1 Å². The summed E-state index contributed by atoms with van der Waals surface area (Å²) in [5.74, 6) is 0.565. The van der Waals surface area contributed by atoms with Crippen LogP contribution in [-0.4, -0.2) is 42.2 Å². The Hall–Kier alpha value is -1.61. The van der Waals surface area contributed by atoms with Crippen LogP contribution >= 0.6 is 11.6 Å². The molecule has 2 aromatic rings. The van der Waals surface area contributed by atoms with Crippen molar-refractivity contribution in [3.63, 3.8) is 0 Å². The fourth-order valence-electron chi connectivity index (χ4n) is 3.07. The zero-order chi connectivity index (χ0) is 16.7. The highest BCUT2D eigenvalue weighted by molar-refractivity contribution is 7.89. The SMILES string of the molecule is O=S(=O)(c1cnn2c1CNCC2)N1CCOc2c(Cl)cccc2C1. The summed E-state index contributed by atoms with van der Waals surface area (Å²) >= 11 is 6.16. The van der Waals surface area contributed by atoms with E-state index in [2.05, 4.69) is 10.4 Å². The Morgan fingerprint density at radius 2 is 2.17 bits per heavy atom. The summed E-state index contributed by atoms with van der Waals surface area (Å²) in [6.45, 7) is 2.73. The van der Waals surface area contributed by atoms with E-state index in [1.54, 1.807) is 16.8 Å². The second-order valence-corrected chi connectivity index (χ2v) is 8.08. The Kier molecular flexibility index (Phi) is 4.00. The molecule has 0 fully saturated rings. The molecule has 0 spiro atoms. The summed E-state index contributed by atoms with van der Waals surface area (Å²) in [4.78, 5) is 0.264. The Morgan fingerprint density at radius 1 is 1.29 bits per heavy atom. The number of benzene rings is 1. The Bertz CT molecular complexity index is 881. The zero-order valence-corrected chi connectivity index (χ0v) is 14.5. The molecule has 0 atom stereocenters. The molecule has 0 saturated heterocycles. The Labute approximate surface area is 145 Å². The number of aromatic nitrogens is 2. The predicted octanol–water partition coefficient (Wildman–Crippen LogP) is 1.22. The molecule has 3 heterocycles. The van der Waals surface area contributed by atoms with Gasteiger partial charge in [-0.1, -0.05) is 23.7 Å². The largest absolute Gasteiger partial charge is 0.490 e. The molecule has 1 aromatic heterocycles. The summed E-state index contributed by atoms with van der Waals surface area (Å²) in [5, 5.41) is 7.91. The molecule has 1 aromatic carbocycles. The first-order chi connectivity index (χ1) is 11.6. The third-order valence-electron chi connectivity index (χ3n) is 4.30. The molecule has 4 rings (SSSR count). The van der Waals surface area contributed by atoms with E-state index in [4.69, 9.17) is 16.3 Å². The standard InChI is InChI=1S/C15H17ClN4O3S/c16-12-3-1-2-11-10-19(6-7-23-15(11)12)24(21,22)14-9-18-20-5-4-17-8-13(14)20/h1-3,9,17H,4-8,10H2. The van der Waals surface area contributed by atoms with Gasteiger partial charge in [-0.3, -0.25) is 4.68 Å². The van der Waals surface area contributed by atoms with Crippen LogP contribution in [0.25, 0.3) is 0 Å². The number of hydrogen-bond donors (Lipinski definition) is 1. The van der Waals surface area contributed by atoms with Gasteiger partial charge in [0.25, 0.3) is 0 Å². The van der Waals surface area contributed by atoms with Crippen molar-refractivity contribution >= 4 is 21.6 Å². The number of ether oxygens (including phenoxy) is 1. The summed E-state index contributed by atoms with van der Waals surface area (Å²) < 4.78 is 35.1. The third kappa shape index (κ3) is 2.59. The van der Waals surface area contributed by atoms with Gasteiger partial charge in [-0.2, -0.15) is 9.40 Å². The van der Waals surface area contributed by atoms with Crippen molar-refractivity contribution in [2.75, 3.05) is 19.7 Å². The molecule has 0 unspecified atom stereocenters. The lowest BCUT2D eigenvalue weighted by molar-refractivity contribution is 0.293. The molecule has 24 heavy (non-hydrogen) atoms. The number of rotatable bonds is 2. The first-order valence-corrected chi connectivity index (χ1v) is 9.55. The van der Waals surface area contributed by atoms with Crippen LogP contribution in [0.15, 0.2) is 29.3 Å². The molecule has 128 valence electrons. The minimum Gasteiger partial charge on any atom is -0.490 e. The van der Waals surface area contributed by atoms with Crippen molar-refractivity contribution < 1.29 is 13.2 Å². The van der Waals surface area contributed by atoms with Gasteiger partial charge >= 0.3 is 0 Å². The van der Waals surface area contributed by atoms with Crippen LogP contribution in [-0.2, 0) is 29.7 Å². The van der Waals surface area contributed by atoms with Crippen molar-refractivity contribution in [3.8, 4) is 5.75 Å². The van der Waals surface area contributed by atoms with Crippen molar-refractivity contribution in [1.82, 2.24) is 19.4 Å². The van der Waals surface area contributed by atoms with Crippen molar-refractivity contribution in [3.05, 3.63) is 40.7 Å². The van der Waals surface area contributed by atoms with Gasteiger partial charge in [-0.05, 0) is 6.07 Å². The maximum atomic E-state index is 13.1. The van der Waals surface area contributed by atoms with Crippen LogP contribution in [0.5, 0.6) is 5.75 Å². The number of sulfonamides is 1. The number of nitrogens with zero attached hydrogens (tertiary/aromatic N) is 3. The van der Waals surface area contributed by atoms with Gasteiger partial charge in [0, 0.05) is 31.7 Å². The summed E-state index contributed by atoms with van der Waals surface area (Å²) in [6, 6.07) is 5.38. The van der Waals surface area contributed by atoms with E-state index < -0.39 is 10.0 Å². The van der Waals surface area contributed by atoms with E-state index in [-0.39, 0.29) is 24.6 Å². The molecular weight excluding hydrogens is 352 g/mol. The van der Waals surface area contributed by atoms with Crippen molar-refractivity contribution in [1.29, 1.82) is 0 Å². The van der Waals surface area contributed by atoms with Gasteiger partial charge in [0.1, 0.15) is 17.3 Å². The maximum absolute atomic E-state index is 13.1. The van der Waals surface area contributed by atoms with Gasteiger partial charge < -0.3 is 10.1 Å². The minimum absolute atomic E-state index is 0.232. The lowest BCUT2D eigenvalue weighted by Crippen LogP contribution is -2.35. The van der Waals surface area contributed by atoms with Gasteiger partial charge in [0.2, 0.25) is 10.0 Å². The second-order valence-electron chi connectivity index (χ2n) is 5.77. The molecule has 2 aliphatic heterocycles. The third-order valence-corrected chi connectivity index (χ3v) is 6.49. The fraction of sp³-hybridized carbons (Fsp3) is 0.400. The van der Waals surface area contributed by atoms with Crippen LogP contribution < -0.4 is 10.1 Å². The highest BCUT2D eigenvalue weighted by atomic mass is 35.5. The van der Waals surface area contributed by atoms with Gasteiger partial charge in [-0.15, -0.1) is 0 Å². The van der Waals surface area contributed by atoms with Crippen LogP contribution in [0.2, 0.25) is 5.02 Å². The number of fused-ring (bicyclic) bond motifs is 2. The quantitative estimate of drug-likeness (QED) is 0.862. The molecule has 0 aliphatic carbocycles. The molecule has 2 aliphatic rings. The van der Waals surface area contributed by atoms with Crippen LogP contribution in [0.1, 0.15) is 11.3 Å². The average Bonchev–Trinajstić information content (AvgIpc) is 2.88. The van der Waals surface area contributed by atoms with E-state index in [1.165, 1.54) is 10.5 Å². The molecule has 0 saturated carbocycles. The summed E-state index contributed by atoms with van der Waals surface area (Å²) in [6.07, 6.45) is 1.45. The zero-order valence-electron chi connectivity index (χ0n) is 12.9. The molecule has 9 heteroatoms. The molecule has 7 nitrogen and oxygen atoms in total. The topological polar surface area (TPSA) is 76.5 Å². The molecule has 1 N–H and O–H groups in total. The summed E-state index contributed by atoms with van der Waals surface area (Å²) in [5.41, 5.74) is 1.47. The molecular formula is C15H17ClN4O3S. The van der Waals surface area contributed by atoms with Crippen LogP contribution in [0.3, 0.4) is 0 Å². The number of para-hydroxylation sites is 1. The lowest BCUT2D eigenvalue weighted by atomic mass is 10.2. The van der Waals surface area contributed by atoms with E-state index in [1.807, 2.05) is 6.07 Å². The maximum Gasteiger partial charge on any atom is 0.246 e. The predicted molar refractivity (Wildman–Crippen MR) is 88.5 cm³/mol. The van der Waals surface area contributed by atoms with Crippen molar-refractivity contribution in [2.24, 2.45) is 0 Å². The van der Waals surface area contributed by atoms with E-state index in [0.29, 0.717) is 29.6 Å². The average molecular weight is 369 g/mol. The first kappa shape index (κ1) is 15.9. The Morgan fingerprint density at radius 3 is 3.04 bits per heavy atom. The van der Waals surface area contributed by atoms with E-state index >= 15 is 0 Å². The van der Waals surface area contributed by atoms with E-state index in [9.17, 15) is 8.42 Å².